The number of rotatable bonds is 10. The zero-order valence-electron chi connectivity index (χ0n) is 21.4. The lowest BCUT2D eigenvalue weighted by Gasteiger charge is -2.18. The Labute approximate surface area is 215 Å². The minimum absolute atomic E-state index is 0.0507. The Morgan fingerprint density at radius 1 is 1.19 bits per heavy atom. The molecule has 36 heavy (non-hydrogen) atoms. The zero-order valence-corrected chi connectivity index (χ0v) is 22.4. The predicted molar refractivity (Wildman–Crippen MR) is 150 cm³/mol. The smallest absolute Gasteiger partial charge is 0.312 e. The van der Waals surface area contributed by atoms with Crippen molar-refractivity contribution in [1.29, 1.82) is 0 Å². The highest BCUT2D eigenvalue weighted by Gasteiger charge is 2.45. The van der Waals surface area contributed by atoms with Gasteiger partial charge in [-0.15, -0.1) is 0 Å². The van der Waals surface area contributed by atoms with Gasteiger partial charge in [-0.05, 0) is 36.5 Å². The number of hydrogen-bond acceptors (Lipinski definition) is 6. The molecule has 2 N–H and O–H groups in total. The van der Waals surface area contributed by atoms with Crippen LogP contribution < -0.4 is 10.5 Å². The summed E-state index contributed by atoms with van der Waals surface area (Å²) < 4.78 is 18.0. The van der Waals surface area contributed by atoms with Crippen LogP contribution in [0.2, 0.25) is 37.8 Å². The summed E-state index contributed by atoms with van der Waals surface area (Å²) in [5.41, 5.74) is 9.36. The Morgan fingerprint density at radius 2 is 1.97 bits per heavy atom. The molecule has 0 bridgehead atoms. The molecule has 0 spiro atoms. The van der Waals surface area contributed by atoms with Gasteiger partial charge in [0, 0.05) is 25.1 Å². The molecule has 0 aliphatic carbocycles. The van der Waals surface area contributed by atoms with Crippen LogP contribution in [-0.4, -0.2) is 45.4 Å². The van der Waals surface area contributed by atoms with E-state index in [1.54, 1.807) is 0 Å². The molecular formula is C28H35BN2O4Si. The van der Waals surface area contributed by atoms with E-state index in [9.17, 15) is 4.79 Å². The summed E-state index contributed by atoms with van der Waals surface area (Å²) in [6.45, 7) is 10.9. The van der Waals surface area contributed by atoms with Crippen LogP contribution in [0.25, 0.3) is 28.2 Å². The number of aromatic nitrogens is 1. The zero-order chi connectivity index (χ0) is 25.7. The van der Waals surface area contributed by atoms with Crippen molar-refractivity contribution in [2.45, 2.75) is 50.3 Å². The van der Waals surface area contributed by atoms with Gasteiger partial charge in [0.15, 0.2) is 0 Å². The molecule has 1 aliphatic heterocycles. The highest BCUT2D eigenvalue weighted by Crippen LogP contribution is 2.38. The van der Waals surface area contributed by atoms with Gasteiger partial charge in [-0.1, -0.05) is 68.7 Å². The van der Waals surface area contributed by atoms with Gasteiger partial charge in [0.05, 0.1) is 36.5 Å². The summed E-state index contributed by atoms with van der Waals surface area (Å²) in [7, 11) is -1.29. The fourth-order valence-electron chi connectivity index (χ4n) is 4.54. The summed E-state index contributed by atoms with van der Waals surface area (Å²) in [4.78, 5) is 17.8. The SMILES string of the molecule is C=Cc1ccc2nc(-c3ccccc3)cc(O[C@H]3CB(OCN)[C@H](C(=O)OCC[Si](C)(C)C)C3)c2c1. The van der Waals surface area contributed by atoms with Crippen molar-refractivity contribution >= 4 is 37.9 Å². The van der Waals surface area contributed by atoms with E-state index < -0.39 is 13.9 Å². The second-order valence-corrected chi connectivity index (χ2v) is 16.1. The van der Waals surface area contributed by atoms with Crippen molar-refractivity contribution in [2.75, 3.05) is 13.3 Å². The van der Waals surface area contributed by atoms with Crippen molar-refractivity contribution in [3.8, 4) is 17.0 Å². The lowest BCUT2D eigenvalue weighted by Crippen LogP contribution is -2.30. The first-order chi connectivity index (χ1) is 17.3. The average molecular weight is 502 g/mol. The summed E-state index contributed by atoms with van der Waals surface area (Å²) in [5.74, 6) is 0.105. The molecule has 0 unspecified atom stereocenters. The Balaban J connectivity index is 1.59. The molecule has 1 saturated heterocycles. The summed E-state index contributed by atoms with van der Waals surface area (Å²) in [6, 6.07) is 19.0. The van der Waals surface area contributed by atoms with Gasteiger partial charge in [0.25, 0.3) is 0 Å². The number of esters is 1. The van der Waals surface area contributed by atoms with Crippen LogP contribution in [0, 0.1) is 0 Å². The number of fused-ring (bicyclic) bond motifs is 1. The van der Waals surface area contributed by atoms with Crippen LogP contribution in [0.15, 0.2) is 61.2 Å². The van der Waals surface area contributed by atoms with Gasteiger partial charge in [-0.25, -0.2) is 4.98 Å². The second-order valence-electron chi connectivity index (χ2n) is 10.5. The normalized spacial score (nSPS) is 17.8. The summed E-state index contributed by atoms with van der Waals surface area (Å²) in [6.07, 6.45) is 2.68. The Hall–Kier alpha value is -2.94. The first kappa shape index (κ1) is 26.1. The van der Waals surface area contributed by atoms with Crippen molar-refractivity contribution in [3.63, 3.8) is 0 Å². The van der Waals surface area contributed by atoms with Crippen molar-refractivity contribution < 1.29 is 18.9 Å². The lowest BCUT2D eigenvalue weighted by molar-refractivity contribution is -0.143. The number of benzene rings is 2. The number of hydrogen-bond donors (Lipinski definition) is 1. The molecule has 6 nitrogen and oxygen atoms in total. The minimum atomic E-state index is -1.29. The highest BCUT2D eigenvalue weighted by molar-refractivity contribution is 6.76. The average Bonchev–Trinajstić information content (AvgIpc) is 3.26. The molecule has 1 aliphatic rings. The molecular weight excluding hydrogens is 467 g/mol. The number of nitrogens with zero attached hydrogens (tertiary/aromatic N) is 1. The van der Waals surface area contributed by atoms with Crippen LogP contribution in [-0.2, 0) is 14.2 Å². The van der Waals surface area contributed by atoms with Gasteiger partial charge < -0.3 is 19.9 Å². The molecule has 3 aromatic rings. The molecule has 1 aromatic heterocycles. The standard InChI is InChI=1S/C28H35BN2O4Si/c1-5-20-11-12-25-23(15-20)27(17-26(31-25)21-9-7-6-8-10-21)35-22-16-24(29(18-22)34-19-30)28(32)33-13-14-36(2,3)4/h5-12,15,17,22,24H,1,13-14,16,18-19,30H2,2-4H3/t22-,24+/m1/s1. The van der Waals surface area contributed by atoms with Gasteiger partial charge >= 0.3 is 12.9 Å². The monoisotopic (exact) mass is 502 g/mol. The van der Waals surface area contributed by atoms with Gasteiger partial charge in [-0.2, -0.15) is 0 Å². The molecule has 1 fully saturated rings. The first-order valence-electron chi connectivity index (χ1n) is 12.5. The third kappa shape index (κ3) is 6.43. The van der Waals surface area contributed by atoms with Gasteiger partial charge in [0.2, 0.25) is 0 Å². The van der Waals surface area contributed by atoms with E-state index in [0.717, 1.165) is 39.5 Å². The quantitative estimate of drug-likeness (QED) is 0.212. The Bertz CT molecular complexity index is 1220. The van der Waals surface area contributed by atoms with Crippen LogP contribution in [0.1, 0.15) is 12.0 Å². The largest absolute Gasteiger partial charge is 0.490 e. The molecule has 188 valence electrons. The third-order valence-electron chi connectivity index (χ3n) is 6.56. The molecule has 2 heterocycles. The fraction of sp³-hybridized carbons (Fsp3) is 0.357. The van der Waals surface area contributed by atoms with E-state index in [-0.39, 0.29) is 25.7 Å². The number of pyridine rings is 1. The molecule has 0 saturated carbocycles. The van der Waals surface area contributed by atoms with Gasteiger partial charge in [0.1, 0.15) is 5.75 Å². The highest BCUT2D eigenvalue weighted by atomic mass is 28.3. The third-order valence-corrected chi connectivity index (χ3v) is 8.27. The van der Waals surface area contributed by atoms with E-state index >= 15 is 0 Å². The summed E-state index contributed by atoms with van der Waals surface area (Å²) >= 11 is 0. The molecule has 0 amide bonds. The first-order valence-corrected chi connectivity index (χ1v) is 16.3. The maximum atomic E-state index is 12.9. The minimum Gasteiger partial charge on any atom is -0.490 e. The van der Waals surface area contributed by atoms with Gasteiger partial charge in [-0.3, -0.25) is 4.79 Å². The van der Waals surface area contributed by atoms with E-state index in [1.807, 2.05) is 60.7 Å². The van der Waals surface area contributed by atoms with E-state index in [2.05, 4.69) is 26.2 Å². The van der Waals surface area contributed by atoms with Crippen LogP contribution >= 0.6 is 0 Å². The molecule has 4 rings (SSSR count). The van der Waals surface area contributed by atoms with Crippen molar-refractivity contribution in [2.24, 2.45) is 5.73 Å². The number of nitrogens with two attached hydrogens (primary N) is 1. The maximum Gasteiger partial charge on any atom is 0.312 e. The maximum absolute atomic E-state index is 12.9. The summed E-state index contributed by atoms with van der Waals surface area (Å²) in [5, 5.41) is 0.907. The molecule has 2 aromatic carbocycles. The number of ether oxygens (including phenoxy) is 2. The van der Waals surface area contributed by atoms with E-state index in [0.29, 0.717) is 19.3 Å². The van der Waals surface area contributed by atoms with E-state index in [4.69, 9.17) is 24.8 Å². The lowest BCUT2D eigenvalue weighted by atomic mass is 9.58. The molecule has 0 radical (unpaired) electrons. The number of carbonyl (C=O) groups excluding carboxylic acids is 1. The van der Waals surface area contributed by atoms with Crippen LogP contribution in [0.4, 0.5) is 0 Å². The Kier molecular flexibility index (Phi) is 8.29. The van der Waals surface area contributed by atoms with Crippen molar-refractivity contribution in [3.05, 3.63) is 66.7 Å². The van der Waals surface area contributed by atoms with Crippen molar-refractivity contribution in [1.82, 2.24) is 4.98 Å². The second kappa shape index (κ2) is 11.4. The molecule has 2 atom stereocenters. The Morgan fingerprint density at radius 3 is 2.67 bits per heavy atom. The predicted octanol–water partition coefficient (Wildman–Crippen LogP) is 5.87. The van der Waals surface area contributed by atoms with E-state index in [1.165, 1.54) is 0 Å². The van der Waals surface area contributed by atoms with Crippen LogP contribution in [0.5, 0.6) is 5.75 Å². The number of carbonyl (C=O) groups is 1. The topological polar surface area (TPSA) is 83.7 Å². The molecule has 8 heteroatoms. The fourth-order valence-corrected chi connectivity index (χ4v) is 5.26. The van der Waals surface area contributed by atoms with Crippen LogP contribution in [0.3, 0.4) is 0 Å².